The summed E-state index contributed by atoms with van der Waals surface area (Å²) in [5.74, 6) is 2.25. The van der Waals surface area contributed by atoms with E-state index in [2.05, 4.69) is 58.3 Å². The summed E-state index contributed by atoms with van der Waals surface area (Å²) < 4.78 is 8.13. The zero-order valence-electron chi connectivity index (χ0n) is 17.6. The molecule has 0 amide bonds. The lowest BCUT2D eigenvalue weighted by molar-refractivity contribution is 0.210. The first-order valence-corrected chi connectivity index (χ1v) is 12.3. The maximum absolute atomic E-state index is 6.06. The van der Waals surface area contributed by atoms with E-state index in [4.69, 9.17) is 21.3 Å². The van der Waals surface area contributed by atoms with Gasteiger partial charge in [-0.05, 0) is 44.5 Å². The Kier molecular flexibility index (Phi) is 6.95. The van der Waals surface area contributed by atoms with Crippen molar-refractivity contribution >= 4 is 34.7 Å². The fourth-order valence-electron chi connectivity index (χ4n) is 3.25. The Bertz CT molecular complexity index is 1170. The first-order chi connectivity index (χ1) is 15.0. The van der Waals surface area contributed by atoms with Crippen LogP contribution in [0.25, 0.3) is 10.6 Å². The average molecular weight is 471 g/mol. The lowest BCUT2D eigenvalue weighted by atomic mass is 10.1. The summed E-state index contributed by atoms with van der Waals surface area (Å²) in [5, 5.41) is 13.5. The number of hydrogen-bond acceptors (Lipinski definition) is 6. The summed E-state index contributed by atoms with van der Waals surface area (Å²) in [5.41, 5.74) is 3.47. The molecule has 0 aliphatic heterocycles. The van der Waals surface area contributed by atoms with Gasteiger partial charge in [0.25, 0.3) is 0 Å². The molecule has 4 aromatic rings. The van der Waals surface area contributed by atoms with E-state index in [0.29, 0.717) is 10.8 Å². The van der Waals surface area contributed by atoms with Crippen molar-refractivity contribution in [2.75, 3.05) is 0 Å². The highest BCUT2D eigenvalue weighted by Gasteiger charge is 2.19. The minimum atomic E-state index is -0.243. The summed E-state index contributed by atoms with van der Waals surface area (Å²) in [4.78, 5) is 4.82. The summed E-state index contributed by atoms with van der Waals surface area (Å²) >= 11 is 9.38. The maximum atomic E-state index is 6.06. The maximum Gasteiger partial charge on any atom is 0.191 e. The number of benzene rings is 2. The van der Waals surface area contributed by atoms with Crippen LogP contribution >= 0.6 is 34.7 Å². The van der Waals surface area contributed by atoms with Gasteiger partial charge in [0, 0.05) is 28.3 Å². The monoisotopic (exact) mass is 470 g/mol. The van der Waals surface area contributed by atoms with E-state index in [1.54, 1.807) is 29.2 Å². The van der Waals surface area contributed by atoms with Crippen molar-refractivity contribution < 1.29 is 4.74 Å². The van der Waals surface area contributed by atoms with Crippen molar-refractivity contribution in [2.24, 2.45) is 0 Å². The van der Waals surface area contributed by atoms with Gasteiger partial charge >= 0.3 is 0 Å². The fraction of sp³-hybridized carbons (Fsp3) is 0.261. The minimum absolute atomic E-state index is 0.243. The van der Waals surface area contributed by atoms with Crippen LogP contribution in [-0.4, -0.2) is 19.7 Å². The number of aryl methyl sites for hydroxylation is 1. The highest BCUT2D eigenvalue weighted by atomic mass is 35.5. The quantitative estimate of drug-likeness (QED) is 0.264. The van der Waals surface area contributed by atoms with Crippen molar-refractivity contribution in [3.63, 3.8) is 0 Å². The number of aromatic nitrogens is 4. The van der Waals surface area contributed by atoms with Crippen LogP contribution in [0.5, 0.6) is 5.75 Å². The number of thiazole rings is 1. The molecule has 5 nitrogen and oxygen atoms in total. The SMILES string of the molecule is CCn1c(SCc2csc(-c3ccccc3C)n2)nnc1C(C)Oc1cccc(Cl)c1. The molecule has 0 N–H and O–H groups in total. The van der Waals surface area contributed by atoms with Crippen LogP contribution in [0.4, 0.5) is 0 Å². The summed E-state index contributed by atoms with van der Waals surface area (Å²) in [6, 6.07) is 15.7. The molecule has 2 heterocycles. The molecule has 0 fully saturated rings. The van der Waals surface area contributed by atoms with Crippen LogP contribution in [0.15, 0.2) is 59.1 Å². The number of ether oxygens (including phenoxy) is 1. The molecule has 0 radical (unpaired) electrons. The van der Waals surface area contributed by atoms with Gasteiger partial charge in [-0.3, -0.25) is 0 Å². The van der Waals surface area contributed by atoms with Crippen LogP contribution < -0.4 is 4.74 Å². The summed E-state index contributed by atoms with van der Waals surface area (Å²) in [6.45, 7) is 6.94. The van der Waals surface area contributed by atoms with Gasteiger partial charge in [-0.1, -0.05) is 53.7 Å². The van der Waals surface area contributed by atoms with Gasteiger partial charge in [-0.25, -0.2) is 4.98 Å². The van der Waals surface area contributed by atoms with Gasteiger partial charge < -0.3 is 9.30 Å². The summed E-state index contributed by atoms with van der Waals surface area (Å²) in [6.07, 6.45) is -0.243. The first kappa shape index (κ1) is 21.9. The molecule has 0 bridgehead atoms. The number of nitrogens with zero attached hydrogens (tertiary/aromatic N) is 4. The van der Waals surface area contributed by atoms with Gasteiger partial charge in [-0.2, -0.15) is 0 Å². The summed E-state index contributed by atoms with van der Waals surface area (Å²) in [7, 11) is 0. The normalized spacial score (nSPS) is 12.1. The molecule has 0 saturated carbocycles. The lowest BCUT2D eigenvalue weighted by Crippen LogP contribution is -2.12. The van der Waals surface area contributed by atoms with Crippen LogP contribution in [-0.2, 0) is 12.3 Å². The largest absolute Gasteiger partial charge is 0.483 e. The van der Waals surface area contributed by atoms with Crippen LogP contribution in [0.3, 0.4) is 0 Å². The van der Waals surface area contributed by atoms with Crippen molar-refractivity contribution in [2.45, 2.75) is 44.3 Å². The van der Waals surface area contributed by atoms with Crippen LogP contribution in [0.1, 0.15) is 37.0 Å². The second-order valence-electron chi connectivity index (χ2n) is 7.05. The Balaban J connectivity index is 1.45. The first-order valence-electron chi connectivity index (χ1n) is 10.0. The van der Waals surface area contributed by atoms with Gasteiger partial charge in [-0.15, -0.1) is 21.5 Å². The van der Waals surface area contributed by atoms with Gasteiger partial charge in [0.1, 0.15) is 10.8 Å². The van der Waals surface area contributed by atoms with E-state index in [0.717, 1.165) is 34.0 Å². The number of hydrogen-bond donors (Lipinski definition) is 0. The molecule has 0 spiro atoms. The smallest absolute Gasteiger partial charge is 0.191 e. The standard InChI is InChI=1S/C23H23ClN4OS2/c1-4-28-21(16(3)29-19-10-7-9-17(24)12-19)26-27-23(28)31-14-18-13-30-22(25-18)20-11-6-5-8-15(20)2/h5-13,16H,4,14H2,1-3H3. The minimum Gasteiger partial charge on any atom is -0.483 e. The average Bonchev–Trinajstić information content (AvgIpc) is 3.39. The van der Waals surface area contributed by atoms with Gasteiger partial charge in [0.05, 0.1) is 5.69 Å². The predicted octanol–water partition coefficient (Wildman–Crippen LogP) is 6.82. The molecule has 8 heteroatoms. The molecule has 0 aliphatic carbocycles. The second kappa shape index (κ2) is 9.85. The van der Waals surface area contributed by atoms with Crippen LogP contribution in [0.2, 0.25) is 5.02 Å². The zero-order valence-corrected chi connectivity index (χ0v) is 20.0. The highest BCUT2D eigenvalue weighted by molar-refractivity contribution is 7.98. The van der Waals surface area contributed by atoms with Gasteiger partial charge in [0.15, 0.2) is 17.1 Å². The molecular weight excluding hydrogens is 448 g/mol. The number of rotatable bonds is 8. The molecule has 2 aromatic carbocycles. The van der Waals surface area contributed by atoms with E-state index < -0.39 is 0 Å². The van der Waals surface area contributed by atoms with Crippen LogP contribution in [0, 0.1) is 6.92 Å². The third-order valence-corrected chi connectivity index (χ3v) is 6.97. The van der Waals surface area contributed by atoms with Crippen molar-refractivity contribution in [1.82, 2.24) is 19.7 Å². The Morgan fingerprint density at radius 3 is 2.77 bits per heavy atom. The molecule has 1 unspecified atom stereocenters. The molecule has 4 rings (SSSR count). The van der Waals surface area contributed by atoms with E-state index in [1.807, 2.05) is 25.1 Å². The van der Waals surface area contributed by atoms with E-state index in [9.17, 15) is 0 Å². The van der Waals surface area contributed by atoms with Crippen molar-refractivity contribution in [3.8, 4) is 16.3 Å². The van der Waals surface area contributed by atoms with Crippen molar-refractivity contribution in [1.29, 1.82) is 0 Å². The molecule has 31 heavy (non-hydrogen) atoms. The van der Waals surface area contributed by atoms with E-state index in [-0.39, 0.29) is 6.10 Å². The third kappa shape index (κ3) is 5.11. The Labute approximate surface area is 195 Å². The Hall–Kier alpha value is -2.35. The molecule has 1 atom stereocenters. The molecule has 0 saturated heterocycles. The zero-order chi connectivity index (χ0) is 21.8. The Morgan fingerprint density at radius 2 is 2.00 bits per heavy atom. The number of thioether (sulfide) groups is 1. The second-order valence-corrected chi connectivity index (χ2v) is 9.29. The molecule has 0 aliphatic rings. The molecule has 2 aromatic heterocycles. The fourth-order valence-corrected chi connectivity index (χ4v) is 5.35. The predicted molar refractivity (Wildman–Crippen MR) is 128 cm³/mol. The lowest BCUT2D eigenvalue weighted by Gasteiger charge is -2.15. The van der Waals surface area contributed by atoms with E-state index in [1.165, 1.54) is 11.1 Å². The Morgan fingerprint density at radius 1 is 1.16 bits per heavy atom. The highest BCUT2D eigenvalue weighted by Crippen LogP contribution is 2.30. The number of halogens is 1. The third-order valence-electron chi connectivity index (χ3n) is 4.81. The molecule has 160 valence electrons. The van der Waals surface area contributed by atoms with Crippen molar-refractivity contribution in [3.05, 3.63) is 76.0 Å². The van der Waals surface area contributed by atoms with Gasteiger partial charge in [0.2, 0.25) is 0 Å². The molecular formula is C23H23ClN4OS2. The topological polar surface area (TPSA) is 52.8 Å². The van der Waals surface area contributed by atoms with E-state index >= 15 is 0 Å².